The van der Waals surface area contributed by atoms with E-state index in [4.69, 9.17) is 11.6 Å². The van der Waals surface area contributed by atoms with E-state index in [9.17, 15) is 21.6 Å². The fraction of sp³-hybridized carbons (Fsp3) is 0.115. The van der Waals surface area contributed by atoms with Gasteiger partial charge in [0.15, 0.2) is 22.2 Å². The zero-order chi connectivity index (χ0) is 27.9. The van der Waals surface area contributed by atoms with Crippen LogP contribution in [0.25, 0.3) is 22.5 Å². The maximum Gasteiger partial charge on any atom is 0.586 e. The molecular weight excluding hydrogens is 535 g/mol. The number of nitrogens with zero attached hydrogens (tertiary/aromatic N) is 3. The Morgan fingerprint density at radius 2 is 1.82 bits per heavy atom. The fourth-order valence-corrected chi connectivity index (χ4v) is 4.59. The van der Waals surface area contributed by atoms with Crippen LogP contribution in [0.3, 0.4) is 0 Å². The van der Waals surface area contributed by atoms with Crippen molar-refractivity contribution >= 4 is 22.1 Å². The first-order chi connectivity index (χ1) is 18.6. The minimum atomic E-state index is -3.80. The summed E-state index contributed by atoms with van der Waals surface area (Å²) in [7, 11) is -2.80. The number of rotatable bonds is 7. The van der Waals surface area contributed by atoms with Crippen molar-refractivity contribution in [2.75, 3.05) is 5.01 Å². The Morgan fingerprint density at radius 1 is 1.08 bits per heavy atom. The van der Waals surface area contributed by atoms with E-state index >= 15 is 0 Å². The van der Waals surface area contributed by atoms with Crippen molar-refractivity contribution in [2.24, 2.45) is 11.6 Å². The quantitative estimate of drug-likeness (QED) is 0.172. The van der Waals surface area contributed by atoms with Crippen LogP contribution in [-0.4, -0.2) is 24.3 Å². The molecule has 1 aromatic heterocycles. The average molecular weight is 558 g/mol. The van der Waals surface area contributed by atoms with E-state index in [0.29, 0.717) is 28.1 Å². The van der Waals surface area contributed by atoms with Gasteiger partial charge >= 0.3 is 6.29 Å². The molecule has 0 spiro atoms. The molecule has 0 saturated heterocycles. The number of thiol groups is 1. The summed E-state index contributed by atoms with van der Waals surface area (Å²) in [4.78, 5) is 4.23. The average Bonchev–Trinajstić information content (AvgIpc) is 3.52. The van der Waals surface area contributed by atoms with Gasteiger partial charge in [0.25, 0.3) is 0 Å². The van der Waals surface area contributed by atoms with Crippen molar-refractivity contribution in [3.8, 4) is 28.3 Å². The molecule has 202 valence electrons. The van der Waals surface area contributed by atoms with Crippen LogP contribution in [0.15, 0.2) is 84.3 Å². The van der Waals surface area contributed by atoms with Gasteiger partial charge in [-0.05, 0) is 60.5 Å². The summed E-state index contributed by atoms with van der Waals surface area (Å²) in [5, 5.41) is 1.23. The molecule has 0 radical (unpaired) electrons. The summed E-state index contributed by atoms with van der Waals surface area (Å²) < 4.78 is 74.7. The van der Waals surface area contributed by atoms with Gasteiger partial charge < -0.3 is 19.8 Å². The molecule has 39 heavy (non-hydrogen) atoms. The molecular formula is C26H22F3N5O4S. The Hall–Kier alpha value is -4.49. The van der Waals surface area contributed by atoms with Gasteiger partial charge in [0.05, 0.1) is 34.0 Å². The highest BCUT2D eigenvalue weighted by Gasteiger charge is 2.43. The highest BCUT2D eigenvalue weighted by Crippen LogP contribution is 2.43. The molecule has 1 unspecified atom stereocenters. The fourth-order valence-electron chi connectivity index (χ4n) is 4.14. The number of hydrazine groups is 1. The van der Waals surface area contributed by atoms with E-state index in [1.165, 1.54) is 61.0 Å². The van der Waals surface area contributed by atoms with Gasteiger partial charge in [0, 0.05) is 18.0 Å². The van der Waals surface area contributed by atoms with Gasteiger partial charge in [0.1, 0.15) is 6.17 Å². The molecule has 0 aliphatic carbocycles. The molecule has 2 heterocycles. The molecule has 5 rings (SSSR count). The third-order valence-electron chi connectivity index (χ3n) is 6.03. The largest absolute Gasteiger partial charge is 0.586 e. The molecule has 4 aromatic rings. The molecule has 4 N–H and O–H groups in total. The molecule has 0 saturated carbocycles. The summed E-state index contributed by atoms with van der Waals surface area (Å²) in [5.41, 5.74) is 8.75. The number of nitrogens with two attached hydrogens (primary N) is 2. The van der Waals surface area contributed by atoms with Gasteiger partial charge in [-0.3, -0.25) is 5.01 Å². The normalized spacial score (nSPS) is 15.0. The Kier molecular flexibility index (Phi) is 6.70. The first-order valence-corrected chi connectivity index (χ1v) is 12.7. The summed E-state index contributed by atoms with van der Waals surface area (Å²) in [5.74, 6) is 6.23. The molecule has 3 aromatic carbocycles. The number of hydrogen-bond acceptors (Lipinski definition) is 8. The predicted octanol–water partition coefficient (Wildman–Crippen LogP) is 4.50. The van der Waals surface area contributed by atoms with Crippen LogP contribution < -0.4 is 26.1 Å². The summed E-state index contributed by atoms with van der Waals surface area (Å²) in [6, 6.07) is 15.6. The molecule has 0 amide bonds. The lowest BCUT2D eigenvalue weighted by Gasteiger charge is -2.25. The minimum Gasteiger partial charge on any atom is -0.403 e. The number of fused-ring (bicyclic) bond motifs is 1. The Morgan fingerprint density at radius 3 is 2.51 bits per heavy atom. The topological polar surface area (TPSA) is 126 Å². The SMILES string of the molecule is CC(F)c1cn(-c2ccc(-c3cccc([SH](=O)=O)c3)cc2N(N)/C(=C\N)c2ccc3c(c2)OC(F)(F)O3)cn1. The van der Waals surface area contributed by atoms with Gasteiger partial charge in [-0.2, -0.15) is 0 Å². The standard InChI is InChI=1S/C26H22F3N5O4S/c1-15(27)20-13-33(14-32-20)21-7-5-17(16-3-2-4-19(9-16)39(35)36)10-22(21)34(31)23(12-30)18-6-8-24-25(11-18)38-26(28,29)37-24/h2-15,39H,30-31H2,1H3/b23-12-. The molecule has 13 heteroatoms. The number of ether oxygens (including phenoxy) is 2. The predicted molar refractivity (Wildman–Crippen MR) is 139 cm³/mol. The summed E-state index contributed by atoms with van der Waals surface area (Å²) >= 11 is 0. The van der Waals surface area contributed by atoms with Crippen molar-refractivity contribution < 1.29 is 31.1 Å². The summed E-state index contributed by atoms with van der Waals surface area (Å²) in [6.07, 6.45) is -0.986. The number of halogens is 3. The Bertz CT molecular complexity index is 1660. The van der Waals surface area contributed by atoms with Crippen LogP contribution >= 0.6 is 0 Å². The maximum absolute atomic E-state index is 13.9. The number of hydrogen-bond donors (Lipinski definition) is 3. The van der Waals surface area contributed by atoms with Crippen LogP contribution in [-0.2, 0) is 10.7 Å². The van der Waals surface area contributed by atoms with Crippen molar-refractivity contribution in [3.05, 3.63) is 90.6 Å². The second-order valence-electron chi connectivity index (χ2n) is 8.58. The lowest BCUT2D eigenvalue weighted by molar-refractivity contribution is -0.286. The third kappa shape index (κ3) is 5.13. The molecule has 9 nitrogen and oxygen atoms in total. The molecule has 1 aliphatic heterocycles. The monoisotopic (exact) mass is 557 g/mol. The zero-order valence-electron chi connectivity index (χ0n) is 20.3. The van der Waals surface area contributed by atoms with Crippen LogP contribution in [0.4, 0.5) is 18.9 Å². The number of aromatic nitrogens is 2. The van der Waals surface area contributed by atoms with Gasteiger partial charge in [-0.15, -0.1) is 8.78 Å². The molecule has 1 atom stereocenters. The number of imidazole rings is 1. The van der Waals surface area contributed by atoms with Crippen molar-refractivity contribution in [1.82, 2.24) is 9.55 Å². The highest BCUT2D eigenvalue weighted by atomic mass is 32.2. The maximum atomic E-state index is 13.9. The number of anilines is 1. The van der Waals surface area contributed by atoms with E-state index in [1.54, 1.807) is 34.9 Å². The first-order valence-electron chi connectivity index (χ1n) is 11.5. The van der Waals surface area contributed by atoms with E-state index in [2.05, 4.69) is 14.5 Å². The second-order valence-corrected chi connectivity index (χ2v) is 9.61. The lowest BCUT2D eigenvalue weighted by Crippen LogP contribution is -2.30. The van der Waals surface area contributed by atoms with Gasteiger partial charge in [-0.25, -0.2) is 23.6 Å². The van der Waals surface area contributed by atoms with Crippen LogP contribution in [0.1, 0.15) is 24.4 Å². The zero-order valence-corrected chi connectivity index (χ0v) is 21.2. The Labute approximate surface area is 222 Å². The van der Waals surface area contributed by atoms with Crippen molar-refractivity contribution in [3.63, 3.8) is 0 Å². The van der Waals surface area contributed by atoms with E-state index in [-0.39, 0.29) is 27.8 Å². The van der Waals surface area contributed by atoms with Gasteiger partial charge in [0.2, 0.25) is 0 Å². The van der Waals surface area contributed by atoms with Crippen LogP contribution in [0.5, 0.6) is 11.5 Å². The minimum absolute atomic E-state index is 0.133. The van der Waals surface area contributed by atoms with Crippen molar-refractivity contribution in [2.45, 2.75) is 24.3 Å². The molecule has 0 fully saturated rings. The van der Waals surface area contributed by atoms with E-state index < -0.39 is 23.2 Å². The summed E-state index contributed by atoms with van der Waals surface area (Å²) in [6.45, 7) is 1.36. The number of benzene rings is 3. The third-order valence-corrected chi connectivity index (χ3v) is 6.73. The van der Waals surface area contributed by atoms with Gasteiger partial charge in [-0.1, -0.05) is 18.2 Å². The lowest BCUT2D eigenvalue weighted by atomic mass is 10.0. The highest BCUT2D eigenvalue weighted by molar-refractivity contribution is 7.72. The molecule has 0 bridgehead atoms. The van der Waals surface area contributed by atoms with Crippen LogP contribution in [0, 0.1) is 0 Å². The second kappa shape index (κ2) is 10.0. The van der Waals surface area contributed by atoms with E-state index in [0.717, 1.165) is 0 Å². The molecule has 1 aliphatic rings. The smallest absolute Gasteiger partial charge is 0.403 e. The Balaban J connectivity index is 1.62. The first kappa shape index (κ1) is 26.1. The number of alkyl halides is 3. The van der Waals surface area contributed by atoms with E-state index in [1.807, 2.05) is 0 Å². The van der Waals surface area contributed by atoms with Crippen molar-refractivity contribution in [1.29, 1.82) is 0 Å². The van der Waals surface area contributed by atoms with Crippen LogP contribution in [0.2, 0.25) is 0 Å².